The van der Waals surface area contributed by atoms with Gasteiger partial charge in [0.05, 0.1) is 28.8 Å². The third-order valence-corrected chi connectivity index (χ3v) is 3.97. The van der Waals surface area contributed by atoms with Crippen molar-refractivity contribution in [3.8, 4) is 17.9 Å². The number of benzene rings is 1. The lowest BCUT2D eigenvalue weighted by Gasteiger charge is -2.04. The zero-order valence-electron chi connectivity index (χ0n) is 10.1. The smallest absolute Gasteiger partial charge is 0.179 e. The van der Waals surface area contributed by atoms with E-state index >= 15 is 0 Å². The Morgan fingerprint density at radius 3 is 2.83 bits per heavy atom. The van der Waals surface area contributed by atoms with E-state index < -0.39 is 9.84 Å². The van der Waals surface area contributed by atoms with Gasteiger partial charge in [0.25, 0.3) is 0 Å². The molecule has 0 aliphatic heterocycles. The van der Waals surface area contributed by atoms with Gasteiger partial charge in [-0.15, -0.1) is 5.92 Å². The highest BCUT2D eigenvalue weighted by atomic mass is 32.2. The molecule has 0 unspecified atom stereocenters. The van der Waals surface area contributed by atoms with Crippen molar-refractivity contribution in [2.24, 2.45) is 0 Å². The number of sulfone groups is 1. The summed E-state index contributed by atoms with van der Waals surface area (Å²) in [6, 6.07) is 7.97. The van der Waals surface area contributed by atoms with Gasteiger partial charge in [0.2, 0.25) is 0 Å². The van der Waals surface area contributed by atoms with Crippen molar-refractivity contribution in [2.75, 3.05) is 18.8 Å². The van der Waals surface area contributed by atoms with Gasteiger partial charge in [-0.2, -0.15) is 5.26 Å². The quantitative estimate of drug-likeness (QED) is 0.633. The summed E-state index contributed by atoms with van der Waals surface area (Å²) < 4.78 is 23.9. The van der Waals surface area contributed by atoms with Crippen LogP contribution in [-0.4, -0.2) is 27.3 Å². The van der Waals surface area contributed by atoms with Crippen LogP contribution in [0.4, 0.5) is 0 Å². The highest BCUT2D eigenvalue weighted by molar-refractivity contribution is 7.91. The highest BCUT2D eigenvalue weighted by Gasteiger charge is 2.13. The standard InChI is InChI=1S/C13H14N2O2S/c1-2-3-7-15-8-9-18(16,17)13-6-4-5-12(10-13)11-14/h4-6,10,15H,7-9H2,1H3. The van der Waals surface area contributed by atoms with E-state index in [-0.39, 0.29) is 10.6 Å². The molecule has 18 heavy (non-hydrogen) atoms. The first kappa shape index (κ1) is 14.2. The molecule has 0 aliphatic rings. The summed E-state index contributed by atoms with van der Waals surface area (Å²) in [5, 5.41) is 11.7. The van der Waals surface area contributed by atoms with Crippen molar-refractivity contribution in [3.63, 3.8) is 0 Å². The number of nitriles is 1. The summed E-state index contributed by atoms with van der Waals surface area (Å²) in [5.41, 5.74) is 0.348. The molecular formula is C13H14N2O2S. The van der Waals surface area contributed by atoms with Gasteiger partial charge in [0, 0.05) is 6.54 Å². The summed E-state index contributed by atoms with van der Waals surface area (Å²) >= 11 is 0. The third kappa shape index (κ3) is 4.21. The minimum atomic E-state index is -3.34. The molecule has 0 saturated heterocycles. The van der Waals surface area contributed by atoms with Gasteiger partial charge in [-0.05, 0) is 25.1 Å². The molecule has 94 valence electrons. The van der Waals surface area contributed by atoms with E-state index in [1.54, 1.807) is 19.1 Å². The van der Waals surface area contributed by atoms with E-state index in [4.69, 9.17) is 5.26 Å². The molecule has 1 rings (SSSR count). The van der Waals surface area contributed by atoms with Gasteiger partial charge in [-0.1, -0.05) is 12.0 Å². The Morgan fingerprint density at radius 1 is 1.39 bits per heavy atom. The first-order chi connectivity index (χ1) is 8.60. The van der Waals surface area contributed by atoms with Gasteiger partial charge in [0.15, 0.2) is 9.84 Å². The fourth-order valence-electron chi connectivity index (χ4n) is 1.32. The first-order valence-electron chi connectivity index (χ1n) is 5.43. The first-order valence-corrected chi connectivity index (χ1v) is 7.08. The molecule has 0 fully saturated rings. The molecule has 0 aliphatic carbocycles. The van der Waals surface area contributed by atoms with Crippen molar-refractivity contribution in [3.05, 3.63) is 29.8 Å². The SMILES string of the molecule is CC#CCNCCS(=O)(=O)c1cccc(C#N)c1. The maximum atomic E-state index is 11.9. The number of rotatable bonds is 5. The van der Waals surface area contributed by atoms with E-state index in [9.17, 15) is 8.42 Å². The molecule has 1 aromatic carbocycles. The normalized spacial score (nSPS) is 10.2. The van der Waals surface area contributed by atoms with E-state index in [1.807, 2.05) is 6.07 Å². The molecule has 0 aromatic heterocycles. The van der Waals surface area contributed by atoms with Crippen LogP contribution in [-0.2, 0) is 9.84 Å². The number of hydrogen-bond donors (Lipinski definition) is 1. The number of hydrogen-bond acceptors (Lipinski definition) is 4. The van der Waals surface area contributed by atoms with Crippen molar-refractivity contribution in [2.45, 2.75) is 11.8 Å². The van der Waals surface area contributed by atoms with Crippen LogP contribution in [0, 0.1) is 23.2 Å². The lowest BCUT2D eigenvalue weighted by atomic mass is 10.2. The fraction of sp³-hybridized carbons (Fsp3) is 0.308. The van der Waals surface area contributed by atoms with Crippen LogP contribution in [0.1, 0.15) is 12.5 Å². The second kappa shape index (κ2) is 6.80. The summed E-state index contributed by atoms with van der Waals surface area (Å²) in [6.07, 6.45) is 0. The van der Waals surface area contributed by atoms with Crippen LogP contribution in [0.25, 0.3) is 0 Å². The second-order valence-electron chi connectivity index (χ2n) is 3.56. The average Bonchev–Trinajstić information content (AvgIpc) is 2.38. The zero-order chi connectivity index (χ0) is 13.4. The van der Waals surface area contributed by atoms with Crippen molar-refractivity contribution in [1.82, 2.24) is 5.32 Å². The van der Waals surface area contributed by atoms with E-state index in [0.29, 0.717) is 18.7 Å². The lowest BCUT2D eigenvalue weighted by Crippen LogP contribution is -2.23. The fourth-order valence-corrected chi connectivity index (χ4v) is 2.56. The molecule has 0 saturated carbocycles. The van der Waals surface area contributed by atoms with Gasteiger partial charge in [-0.25, -0.2) is 8.42 Å². The van der Waals surface area contributed by atoms with E-state index in [1.165, 1.54) is 12.1 Å². The second-order valence-corrected chi connectivity index (χ2v) is 5.67. The van der Waals surface area contributed by atoms with Gasteiger partial charge in [-0.3, -0.25) is 0 Å². The summed E-state index contributed by atoms with van der Waals surface area (Å²) in [4.78, 5) is 0.185. The molecule has 1 N–H and O–H groups in total. The monoisotopic (exact) mass is 262 g/mol. The van der Waals surface area contributed by atoms with Crippen LogP contribution >= 0.6 is 0 Å². The maximum absolute atomic E-state index is 11.9. The Morgan fingerprint density at radius 2 is 2.17 bits per heavy atom. The molecule has 0 radical (unpaired) electrons. The third-order valence-electron chi connectivity index (χ3n) is 2.26. The summed E-state index contributed by atoms with van der Waals surface area (Å²) in [5.74, 6) is 5.50. The summed E-state index contributed by atoms with van der Waals surface area (Å²) in [6.45, 7) is 2.55. The molecule has 0 heterocycles. The largest absolute Gasteiger partial charge is 0.305 e. The number of nitrogens with one attached hydrogen (secondary N) is 1. The topological polar surface area (TPSA) is 70.0 Å². The van der Waals surface area contributed by atoms with Crippen LogP contribution in [0.5, 0.6) is 0 Å². The molecule has 0 atom stereocenters. The van der Waals surface area contributed by atoms with Crippen molar-refractivity contribution in [1.29, 1.82) is 5.26 Å². The van der Waals surface area contributed by atoms with Gasteiger partial charge in [0.1, 0.15) is 0 Å². The Balaban J connectivity index is 2.67. The average molecular weight is 262 g/mol. The maximum Gasteiger partial charge on any atom is 0.179 e. The van der Waals surface area contributed by atoms with Crippen LogP contribution in [0.2, 0.25) is 0 Å². The van der Waals surface area contributed by atoms with Crippen molar-refractivity contribution >= 4 is 9.84 Å². The number of nitrogens with zero attached hydrogens (tertiary/aromatic N) is 1. The Kier molecular flexibility index (Phi) is 5.38. The minimum absolute atomic E-state index is 0.00667. The van der Waals surface area contributed by atoms with Gasteiger partial charge >= 0.3 is 0 Å². The molecule has 5 heteroatoms. The Bertz CT molecular complexity index is 604. The van der Waals surface area contributed by atoms with E-state index in [2.05, 4.69) is 17.2 Å². The molecule has 1 aromatic rings. The van der Waals surface area contributed by atoms with Crippen molar-refractivity contribution < 1.29 is 8.42 Å². The Labute approximate surface area is 108 Å². The van der Waals surface area contributed by atoms with E-state index in [0.717, 1.165) is 0 Å². The van der Waals surface area contributed by atoms with Crippen LogP contribution in [0.15, 0.2) is 29.2 Å². The van der Waals surface area contributed by atoms with Gasteiger partial charge < -0.3 is 5.32 Å². The molecular weight excluding hydrogens is 248 g/mol. The predicted molar refractivity (Wildman–Crippen MR) is 69.5 cm³/mol. The minimum Gasteiger partial charge on any atom is -0.305 e. The van der Waals surface area contributed by atoms with Crippen LogP contribution in [0.3, 0.4) is 0 Å². The molecule has 0 spiro atoms. The summed E-state index contributed by atoms with van der Waals surface area (Å²) in [7, 11) is -3.34. The van der Waals surface area contributed by atoms with Crippen LogP contribution < -0.4 is 5.32 Å². The zero-order valence-corrected chi connectivity index (χ0v) is 10.9. The molecule has 0 amide bonds. The Hall–Kier alpha value is -1.82. The molecule has 0 bridgehead atoms. The molecule has 4 nitrogen and oxygen atoms in total. The lowest BCUT2D eigenvalue weighted by molar-refractivity contribution is 0.593. The predicted octanol–water partition coefficient (Wildman–Crippen LogP) is 0.945. The highest BCUT2D eigenvalue weighted by Crippen LogP contribution is 2.12.